The van der Waals surface area contributed by atoms with Crippen molar-refractivity contribution in [3.05, 3.63) is 53.6 Å². The first-order valence-electron chi connectivity index (χ1n) is 8.95. The molecule has 0 bridgehead atoms. The van der Waals surface area contributed by atoms with Crippen LogP contribution in [0.4, 0.5) is 5.69 Å². The van der Waals surface area contributed by atoms with Crippen LogP contribution in [0.1, 0.15) is 19.8 Å². The molecule has 2 aromatic rings. The number of carbonyl (C=O) groups is 3. The molecule has 2 aromatic carbocycles. The van der Waals surface area contributed by atoms with Crippen molar-refractivity contribution < 1.29 is 23.9 Å². The maximum atomic E-state index is 11.9. The van der Waals surface area contributed by atoms with E-state index in [9.17, 15) is 14.4 Å². The summed E-state index contributed by atoms with van der Waals surface area (Å²) in [6.07, 6.45) is -0.114. The Kier molecular flexibility index (Phi) is 8.78. The van der Waals surface area contributed by atoms with E-state index in [1.807, 2.05) is 6.92 Å². The third-order valence-electron chi connectivity index (χ3n) is 3.55. The number of halogens is 1. The number of anilines is 1. The molecule has 0 aliphatic rings. The van der Waals surface area contributed by atoms with Gasteiger partial charge in [-0.25, -0.2) is 0 Å². The van der Waals surface area contributed by atoms with Crippen LogP contribution in [0.15, 0.2) is 48.5 Å². The third kappa shape index (κ3) is 8.52. The molecule has 0 saturated carbocycles. The summed E-state index contributed by atoms with van der Waals surface area (Å²) in [5.74, 6) is -0.164. The highest BCUT2D eigenvalue weighted by atomic mass is 35.5. The second-order valence-electron chi connectivity index (χ2n) is 5.84. The fourth-order valence-corrected chi connectivity index (χ4v) is 2.30. The first-order chi connectivity index (χ1) is 14.0. The van der Waals surface area contributed by atoms with Crippen LogP contribution in [0, 0.1) is 0 Å². The van der Waals surface area contributed by atoms with Crippen molar-refractivity contribution in [2.45, 2.75) is 19.8 Å². The Morgan fingerprint density at radius 1 is 0.793 bits per heavy atom. The maximum Gasteiger partial charge on any atom is 0.276 e. The van der Waals surface area contributed by atoms with Gasteiger partial charge < -0.3 is 14.8 Å². The first kappa shape index (κ1) is 22.0. The van der Waals surface area contributed by atoms with Crippen LogP contribution in [0.2, 0.25) is 5.02 Å². The Labute approximate surface area is 173 Å². The molecule has 0 aliphatic carbocycles. The van der Waals surface area contributed by atoms with Gasteiger partial charge in [-0.3, -0.25) is 25.2 Å². The molecule has 0 aliphatic heterocycles. The van der Waals surface area contributed by atoms with Crippen LogP contribution < -0.4 is 25.6 Å². The minimum Gasteiger partial charge on any atom is -0.494 e. The number of hydrogen-bond acceptors (Lipinski definition) is 5. The Morgan fingerprint density at radius 2 is 1.34 bits per heavy atom. The van der Waals surface area contributed by atoms with Gasteiger partial charge in [0.25, 0.3) is 5.91 Å². The summed E-state index contributed by atoms with van der Waals surface area (Å²) in [5.41, 5.74) is 5.06. The fraction of sp³-hybridized carbons (Fsp3) is 0.250. The summed E-state index contributed by atoms with van der Waals surface area (Å²) in [6, 6.07) is 13.4. The Bertz CT molecular complexity index is 825. The molecular formula is C20H22ClN3O5. The van der Waals surface area contributed by atoms with Crippen LogP contribution in [0.25, 0.3) is 0 Å². The van der Waals surface area contributed by atoms with E-state index in [-0.39, 0.29) is 25.4 Å². The van der Waals surface area contributed by atoms with Gasteiger partial charge in [-0.05, 0) is 55.5 Å². The molecule has 0 fully saturated rings. The summed E-state index contributed by atoms with van der Waals surface area (Å²) in [4.78, 5) is 35.3. The number of hydrogen-bond donors (Lipinski definition) is 3. The van der Waals surface area contributed by atoms with Gasteiger partial charge in [0.1, 0.15) is 11.5 Å². The normalized spacial score (nSPS) is 10.0. The highest BCUT2D eigenvalue weighted by Crippen LogP contribution is 2.16. The van der Waals surface area contributed by atoms with Crippen LogP contribution in [0.3, 0.4) is 0 Å². The lowest BCUT2D eigenvalue weighted by atomic mass is 10.2. The van der Waals surface area contributed by atoms with Gasteiger partial charge in [0.2, 0.25) is 11.8 Å². The predicted octanol–water partition coefficient (Wildman–Crippen LogP) is 2.68. The van der Waals surface area contributed by atoms with E-state index >= 15 is 0 Å². The summed E-state index contributed by atoms with van der Waals surface area (Å²) in [5, 5.41) is 3.24. The van der Waals surface area contributed by atoms with Crippen molar-refractivity contribution in [2.75, 3.05) is 18.5 Å². The second-order valence-corrected chi connectivity index (χ2v) is 6.28. The van der Waals surface area contributed by atoms with Gasteiger partial charge in [-0.15, -0.1) is 0 Å². The molecule has 0 radical (unpaired) electrons. The molecule has 2 rings (SSSR count). The van der Waals surface area contributed by atoms with Crippen LogP contribution in [0.5, 0.6) is 11.5 Å². The van der Waals surface area contributed by atoms with Crippen molar-refractivity contribution in [3.8, 4) is 11.5 Å². The van der Waals surface area contributed by atoms with E-state index in [4.69, 9.17) is 21.1 Å². The number of nitrogens with one attached hydrogen (secondary N) is 3. The summed E-state index contributed by atoms with van der Waals surface area (Å²) >= 11 is 5.76. The van der Waals surface area contributed by atoms with E-state index < -0.39 is 11.8 Å². The van der Waals surface area contributed by atoms with Crippen LogP contribution in [-0.2, 0) is 14.4 Å². The minimum atomic E-state index is -0.535. The fourth-order valence-electron chi connectivity index (χ4n) is 2.17. The molecule has 0 saturated heterocycles. The van der Waals surface area contributed by atoms with Gasteiger partial charge in [0.15, 0.2) is 6.61 Å². The number of hydrazine groups is 1. The SMILES string of the molecule is CCOc1ccc(NC(=O)CCC(=O)NNC(=O)COc2ccc(Cl)cc2)cc1. The number of benzene rings is 2. The third-order valence-corrected chi connectivity index (χ3v) is 3.81. The monoisotopic (exact) mass is 419 g/mol. The molecule has 8 nitrogen and oxygen atoms in total. The molecule has 0 heterocycles. The van der Waals surface area contributed by atoms with E-state index in [0.717, 1.165) is 0 Å². The van der Waals surface area contributed by atoms with Gasteiger partial charge in [0, 0.05) is 23.6 Å². The summed E-state index contributed by atoms with van der Waals surface area (Å²) < 4.78 is 10.6. The summed E-state index contributed by atoms with van der Waals surface area (Å²) in [6.45, 7) is 2.17. The molecule has 0 unspecified atom stereocenters. The maximum absolute atomic E-state index is 11.9. The zero-order valence-electron chi connectivity index (χ0n) is 15.9. The minimum absolute atomic E-state index is 0.0316. The van der Waals surface area contributed by atoms with Gasteiger partial charge >= 0.3 is 0 Å². The number of amides is 3. The quantitative estimate of drug-likeness (QED) is 0.542. The lowest BCUT2D eigenvalue weighted by Gasteiger charge is -2.09. The van der Waals surface area contributed by atoms with Crippen LogP contribution in [-0.4, -0.2) is 30.9 Å². The van der Waals surface area contributed by atoms with Gasteiger partial charge in [0.05, 0.1) is 6.61 Å². The number of carbonyl (C=O) groups excluding carboxylic acids is 3. The zero-order valence-corrected chi connectivity index (χ0v) is 16.6. The standard InChI is InChI=1S/C20H22ClN3O5/c1-2-28-16-9-5-15(6-10-16)22-18(25)11-12-19(26)23-24-20(27)13-29-17-7-3-14(21)4-8-17/h3-10H,2,11-13H2,1H3,(H,22,25)(H,23,26)(H,24,27). The zero-order chi connectivity index (χ0) is 21.1. The molecule has 0 aromatic heterocycles. The second kappa shape index (κ2) is 11.6. The van der Waals surface area contributed by atoms with Crippen molar-refractivity contribution in [1.29, 1.82) is 0 Å². The molecule has 0 atom stereocenters. The predicted molar refractivity (Wildman–Crippen MR) is 109 cm³/mol. The Balaban J connectivity index is 1.62. The Hall–Kier alpha value is -3.26. The van der Waals surface area contributed by atoms with E-state index in [1.165, 1.54) is 0 Å². The van der Waals surface area contributed by atoms with E-state index in [2.05, 4.69) is 16.2 Å². The average molecular weight is 420 g/mol. The largest absolute Gasteiger partial charge is 0.494 e. The van der Waals surface area contributed by atoms with E-state index in [1.54, 1.807) is 48.5 Å². The van der Waals surface area contributed by atoms with Crippen molar-refractivity contribution in [2.24, 2.45) is 0 Å². The van der Waals surface area contributed by atoms with Crippen LogP contribution >= 0.6 is 11.6 Å². The van der Waals surface area contributed by atoms with Crippen molar-refractivity contribution in [3.63, 3.8) is 0 Å². The molecule has 154 valence electrons. The van der Waals surface area contributed by atoms with Crippen molar-refractivity contribution >= 4 is 35.0 Å². The first-order valence-corrected chi connectivity index (χ1v) is 9.33. The smallest absolute Gasteiger partial charge is 0.276 e. The molecule has 3 N–H and O–H groups in total. The average Bonchev–Trinajstić information content (AvgIpc) is 2.72. The highest BCUT2D eigenvalue weighted by Gasteiger charge is 2.09. The van der Waals surface area contributed by atoms with E-state index in [0.29, 0.717) is 28.8 Å². The van der Waals surface area contributed by atoms with Gasteiger partial charge in [-0.1, -0.05) is 11.6 Å². The van der Waals surface area contributed by atoms with Gasteiger partial charge in [-0.2, -0.15) is 0 Å². The molecule has 0 spiro atoms. The highest BCUT2D eigenvalue weighted by molar-refractivity contribution is 6.30. The number of rotatable bonds is 9. The lowest BCUT2D eigenvalue weighted by Crippen LogP contribution is -2.44. The lowest BCUT2D eigenvalue weighted by molar-refractivity contribution is -0.130. The molecule has 9 heteroatoms. The Morgan fingerprint density at radius 3 is 2.00 bits per heavy atom. The topological polar surface area (TPSA) is 106 Å². The molecular weight excluding hydrogens is 398 g/mol. The summed E-state index contributed by atoms with van der Waals surface area (Å²) in [7, 11) is 0. The molecule has 3 amide bonds. The number of ether oxygens (including phenoxy) is 2. The van der Waals surface area contributed by atoms with Crippen molar-refractivity contribution in [1.82, 2.24) is 10.9 Å². The molecule has 29 heavy (non-hydrogen) atoms.